The van der Waals surface area contributed by atoms with Gasteiger partial charge in [-0.05, 0) is 48.0 Å². The molecule has 1 amide bonds. The minimum absolute atomic E-state index is 0.118. The van der Waals surface area contributed by atoms with Crippen molar-refractivity contribution in [2.75, 3.05) is 31.0 Å². The summed E-state index contributed by atoms with van der Waals surface area (Å²) in [7, 11) is 3.12. The molecule has 0 spiro atoms. The second-order valence-corrected chi connectivity index (χ2v) is 7.46. The molecule has 2 aromatic heterocycles. The minimum Gasteiger partial charge on any atom is -0.493 e. The molecule has 2 heterocycles. The third-order valence-electron chi connectivity index (χ3n) is 5.06. The third-order valence-corrected chi connectivity index (χ3v) is 5.06. The summed E-state index contributed by atoms with van der Waals surface area (Å²) in [6.07, 6.45) is 3.50. The first-order valence-electron chi connectivity index (χ1n) is 10.6. The Bertz CT molecular complexity index is 1420. The molecule has 0 aliphatic carbocycles. The maximum atomic E-state index is 12.3. The number of nitrogens with zero attached hydrogens (tertiary/aromatic N) is 2. The molecule has 35 heavy (non-hydrogen) atoms. The lowest BCUT2D eigenvalue weighted by atomic mass is 10.0. The number of amides is 1. The Balaban J connectivity index is 1.63. The van der Waals surface area contributed by atoms with E-state index in [0.29, 0.717) is 40.6 Å². The van der Waals surface area contributed by atoms with Gasteiger partial charge in [0.25, 0.3) is 5.91 Å². The number of carbonyl (C=O) groups is 1. The van der Waals surface area contributed by atoms with E-state index >= 15 is 0 Å². The first kappa shape index (κ1) is 23.2. The predicted molar refractivity (Wildman–Crippen MR) is 132 cm³/mol. The smallest absolute Gasteiger partial charge is 0.291 e. The first-order valence-corrected chi connectivity index (χ1v) is 10.6. The quantitative estimate of drug-likeness (QED) is 0.365. The van der Waals surface area contributed by atoms with Gasteiger partial charge in [-0.25, -0.2) is 4.98 Å². The summed E-state index contributed by atoms with van der Waals surface area (Å²) in [6, 6.07) is 14.2. The van der Waals surface area contributed by atoms with E-state index in [1.807, 2.05) is 18.2 Å². The Kier molecular flexibility index (Phi) is 6.83. The molecule has 0 bridgehead atoms. The van der Waals surface area contributed by atoms with Crippen LogP contribution in [0.25, 0.3) is 0 Å². The summed E-state index contributed by atoms with van der Waals surface area (Å²) < 4.78 is 16.2. The zero-order valence-corrected chi connectivity index (χ0v) is 19.2. The molecular weight excluding hydrogens is 446 g/mol. The normalized spacial score (nSPS) is 10.2. The van der Waals surface area contributed by atoms with E-state index < -0.39 is 0 Å². The number of nitrogens with two attached hydrogens (primary N) is 2. The van der Waals surface area contributed by atoms with Gasteiger partial charge in [0.15, 0.2) is 17.3 Å². The average Bonchev–Trinajstić information content (AvgIpc) is 3.40. The number of benzene rings is 2. The second kappa shape index (κ2) is 10.3. The number of hydrogen-bond acceptors (Lipinski definition) is 8. The SMILES string of the molecule is COc1cc(Cc2cnc(N)nc2N)cc(C#Cc2cccc(NC(=O)c3ccco3)c2)c1OC. The molecule has 0 radical (unpaired) electrons. The van der Waals surface area contributed by atoms with Gasteiger partial charge in [-0.15, -0.1) is 0 Å². The Labute approximate surface area is 202 Å². The monoisotopic (exact) mass is 469 g/mol. The summed E-state index contributed by atoms with van der Waals surface area (Å²) >= 11 is 0. The van der Waals surface area contributed by atoms with Gasteiger partial charge in [0.05, 0.1) is 26.0 Å². The van der Waals surface area contributed by atoms with Crippen LogP contribution in [0.3, 0.4) is 0 Å². The van der Waals surface area contributed by atoms with Gasteiger partial charge in [0, 0.05) is 29.4 Å². The van der Waals surface area contributed by atoms with E-state index in [-0.39, 0.29) is 17.6 Å². The fraction of sp³-hybridized carbons (Fsp3) is 0.115. The highest BCUT2D eigenvalue weighted by atomic mass is 16.5. The lowest BCUT2D eigenvalue weighted by Gasteiger charge is -2.13. The predicted octanol–water partition coefficient (Wildman–Crippen LogP) is 3.49. The van der Waals surface area contributed by atoms with Crippen molar-refractivity contribution in [2.24, 2.45) is 0 Å². The first-order chi connectivity index (χ1) is 17.0. The number of anilines is 3. The number of methoxy groups -OCH3 is 2. The highest BCUT2D eigenvalue weighted by Crippen LogP contribution is 2.33. The van der Waals surface area contributed by atoms with E-state index in [1.165, 1.54) is 6.26 Å². The Morgan fingerprint density at radius 2 is 1.94 bits per heavy atom. The number of rotatable bonds is 6. The second-order valence-electron chi connectivity index (χ2n) is 7.46. The topological polar surface area (TPSA) is 139 Å². The molecule has 4 aromatic rings. The molecule has 4 rings (SSSR count). The molecule has 0 saturated heterocycles. The van der Waals surface area contributed by atoms with Crippen LogP contribution >= 0.6 is 0 Å². The van der Waals surface area contributed by atoms with Crippen molar-refractivity contribution < 1.29 is 18.7 Å². The van der Waals surface area contributed by atoms with E-state index in [0.717, 1.165) is 11.1 Å². The number of ether oxygens (including phenoxy) is 2. The Morgan fingerprint density at radius 3 is 2.66 bits per heavy atom. The maximum absolute atomic E-state index is 12.3. The van der Waals surface area contributed by atoms with E-state index in [2.05, 4.69) is 27.1 Å². The minimum atomic E-state index is -0.342. The van der Waals surface area contributed by atoms with Crippen molar-refractivity contribution >= 4 is 23.4 Å². The van der Waals surface area contributed by atoms with Crippen LogP contribution in [0.2, 0.25) is 0 Å². The largest absolute Gasteiger partial charge is 0.493 e. The van der Waals surface area contributed by atoms with Crippen molar-refractivity contribution in [3.63, 3.8) is 0 Å². The molecule has 0 saturated carbocycles. The number of aromatic nitrogens is 2. The fourth-order valence-corrected chi connectivity index (χ4v) is 3.42. The third kappa shape index (κ3) is 5.51. The van der Waals surface area contributed by atoms with Crippen LogP contribution in [-0.4, -0.2) is 30.1 Å². The number of carbonyl (C=O) groups excluding carboxylic acids is 1. The van der Waals surface area contributed by atoms with Crippen LogP contribution in [0, 0.1) is 11.8 Å². The molecular formula is C26H23N5O4. The zero-order valence-electron chi connectivity index (χ0n) is 19.2. The van der Waals surface area contributed by atoms with Gasteiger partial charge >= 0.3 is 0 Å². The summed E-state index contributed by atoms with van der Waals surface area (Å²) in [4.78, 5) is 20.3. The van der Waals surface area contributed by atoms with Crippen molar-refractivity contribution in [3.05, 3.63) is 89.0 Å². The van der Waals surface area contributed by atoms with Gasteiger partial charge in [-0.1, -0.05) is 17.9 Å². The van der Waals surface area contributed by atoms with E-state index in [4.69, 9.17) is 25.4 Å². The van der Waals surface area contributed by atoms with Crippen LogP contribution in [0.4, 0.5) is 17.5 Å². The molecule has 176 valence electrons. The number of nitrogens with one attached hydrogen (secondary N) is 1. The van der Waals surface area contributed by atoms with Crippen LogP contribution in [-0.2, 0) is 6.42 Å². The molecule has 0 aliphatic heterocycles. The molecule has 2 aromatic carbocycles. The Morgan fingerprint density at radius 1 is 1.09 bits per heavy atom. The number of furan rings is 1. The van der Waals surface area contributed by atoms with E-state index in [1.54, 1.807) is 50.7 Å². The molecule has 9 heteroatoms. The summed E-state index contributed by atoms with van der Waals surface area (Å²) in [5.74, 6) is 7.62. The lowest BCUT2D eigenvalue weighted by molar-refractivity contribution is 0.0996. The van der Waals surface area contributed by atoms with E-state index in [9.17, 15) is 4.79 Å². The molecule has 0 fully saturated rings. The van der Waals surface area contributed by atoms with Crippen molar-refractivity contribution in [1.82, 2.24) is 9.97 Å². The van der Waals surface area contributed by atoms with Gasteiger partial charge in [-0.2, -0.15) is 4.98 Å². The van der Waals surface area contributed by atoms with Gasteiger partial charge in [-0.3, -0.25) is 4.79 Å². The molecule has 0 aliphatic rings. The van der Waals surface area contributed by atoms with Crippen LogP contribution < -0.4 is 26.3 Å². The van der Waals surface area contributed by atoms with Crippen LogP contribution in [0.1, 0.15) is 32.8 Å². The Hall–Kier alpha value is -4.97. The fourth-order valence-electron chi connectivity index (χ4n) is 3.42. The highest BCUT2D eigenvalue weighted by Gasteiger charge is 2.13. The molecule has 5 N–H and O–H groups in total. The van der Waals surface area contributed by atoms with Gasteiger partial charge in [0.2, 0.25) is 5.95 Å². The van der Waals surface area contributed by atoms with Gasteiger partial charge in [0.1, 0.15) is 5.82 Å². The standard InChI is InChI=1S/C26H23N5O4/c1-33-22-14-17(12-19-15-29-26(28)31-24(19)27)11-18(23(22)34-2)9-8-16-5-3-6-20(13-16)30-25(32)21-7-4-10-35-21/h3-7,10-11,13-15H,12H2,1-2H3,(H,30,32)(H4,27,28,29,31). The molecule has 0 unspecified atom stereocenters. The number of hydrogen-bond donors (Lipinski definition) is 3. The number of nitrogen functional groups attached to an aromatic ring is 2. The van der Waals surface area contributed by atoms with Crippen molar-refractivity contribution in [2.45, 2.75) is 6.42 Å². The van der Waals surface area contributed by atoms with Crippen LogP contribution in [0.5, 0.6) is 11.5 Å². The van der Waals surface area contributed by atoms with Gasteiger partial charge < -0.3 is 30.7 Å². The van der Waals surface area contributed by atoms with Crippen LogP contribution in [0.15, 0.2) is 65.4 Å². The molecule has 9 nitrogen and oxygen atoms in total. The summed E-state index contributed by atoms with van der Waals surface area (Å²) in [5, 5.41) is 2.79. The zero-order chi connectivity index (χ0) is 24.8. The maximum Gasteiger partial charge on any atom is 0.291 e. The average molecular weight is 470 g/mol. The lowest BCUT2D eigenvalue weighted by Crippen LogP contribution is -2.10. The van der Waals surface area contributed by atoms with Crippen molar-refractivity contribution in [1.29, 1.82) is 0 Å². The summed E-state index contributed by atoms with van der Waals surface area (Å²) in [5.41, 5.74) is 15.1. The highest BCUT2D eigenvalue weighted by molar-refractivity contribution is 6.02. The van der Waals surface area contributed by atoms with Crippen molar-refractivity contribution in [3.8, 4) is 23.3 Å². The summed E-state index contributed by atoms with van der Waals surface area (Å²) in [6.45, 7) is 0. The molecule has 0 atom stereocenters.